The Kier molecular flexibility index (Phi) is 5.05. The number of nitrogens with one attached hydrogen (secondary N) is 2. The summed E-state index contributed by atoms with van der Waals surface area (Å²) >= 11 is 0. The fourth-order valence-corrected chi connectivity index (χ4v) is 3.87. The van der Waals surface area contributed by atoms with Gasteiger partial charge < -0.3 is 9.26 Å². The summed E-state index contributed by atoms with van der Waals surface area (Å²) in [4.78, 5) is 4.46. The Morgan fingerprint density at radius 3 is 2.58 bits per heavy atom. The summed E-state index contributed by atoms with van der Waals surface area (Å²) < 4.78 is 37.2. The van der Waals surface area contributed by atoms with E-state index in [0.717, 1.165) is 11.3 Å². The fourth-order valence-electron chi connectivity index (χ4n) is 2.51. The van der Waals surface area contributed by atoms with Gasteiger partial charge in [-0.3, -0.25) is 5.10 Å². The number of H-pyrrole nitrogens is 1. The van der Waals surface area contributed by atoms with Gasteiger partial charge in [0.15, 0.2) is 11.6 Å². The van der Waals surface area contributed by atoms with E-state index in [1.54, 1.807) is 21.0 Å². The second-order valence-electron chi connectivity index (χ2n) is 5.64. The van der Waals surface area contributed by atoms with Crippen LogP contribution in [0.25, 0.3) is 11.4 Å². The molecule has 26 heavy (non-hydrogen) atoms. The van der Waals surface area contributed by atoms with Gasteiger partial charge in [-0.2, -0.15) is 5.10 Å². The Morgan fingerprint density at radius 2 is 1.96 bits per heavy atom. The van der Waals surface area contributed by atoms with Gasteiger partial charge in [-0.1, -0.05) is 5.16 Å². The van der Waals surface area contributed by atoms with Crippen LogP contribution in [0.2, 0.25) is 0 Å². The van der Waals surface area contributed by atoms with Crippen LogP contribution in [0.1, 0.15) is 17.3 Å². The van der Waals surface area contributed by atoms with E-state index in [2.05, 4.69) is 25.1 Å². The Labute approximate surface area is 150 Å². The van der Waals surface area contributed by atoms with Crippen molar-refractivity contribution in [3.63, 3.8) is 0 Å². The maximum absolute atomic E-state index is 12.3. The molecule has 0 aliphatic heterocycles. The summed E-state index contributed by atoms with van der Waals surface area (Å²) in [6, 6.07) is 7.35. The van der Waals surface area contributed by atoms with Crippen LogP contribution in [0.3, 0.4) is 0 Å². The van der Waals surface area contributed by atoms with E-state index in [-0.39, 0.29) is 17.2 Å². The van der Waals surface area contributed by atoms with Crippen molar-refractivity contribution in [1.29, 1.82) is 0 Å². The quantitative estimate of drug-likeness (QED) is 0.641. The highest BCUT2D eigenvalue weighted by atomic mass is 32.2. The summed E-state index contributed by atoms with van der Waals surface area (Å²) in [6.45, 7) is 3.32. The van der Waals surface area contributed by atoms with Crippen LogP contribution < -0.4 is 9.46 Å². The molecule has 0 bridgehead atoms. The molecule has 0 aliphatic carbocycles. The summed E-state index contributed by atoms with van der Waals surface area (Å²) in [5.41, 5.74) is 1.17. The molecule has 0 aliphatic rings. The average Bonchev–Trinajstić information content (AvgIpc) is 3.22. The van der Waals surface area contributed by atoms with Gasteiger partial charge in [-0.25, -0.2) is 18.1 Å². The van der Waals surface area contributed by atoms with Gasteiger partial charge in [-0.05, 0) is 38.1 Å². The zero-order valence-electron chi connectivity index (χ0n) is 14.6. The van der Waals surface area contributed by atoms with Crippen LogP contribution in [-0.4, -0.2) is 42.4 Å². The first-order valence-electron chi connectivity index (χ1n) is 7.89. The minimum atomic E-state index is -3.68. The normalized spacial score (nSPS) is 11.7. The predicted molar refractivity (Wildman–Crippen MR) is 93.2 cm³/mol. The van der Waals surface area contributed by atoms with Crippen LogP contribution in [0.4, 0.5) is 0 Å². The number of sulfonamides is 1. The van der Waals surface area contributed by atoms with E-state index >= 15 is 0 Å². The van der Waals surface area contributed by atoms with Gasteiger partial charge in [0.25, 0.3) is 0 Å². The lowest BCUT2D eigenvalue weighted by atomic mass is 10.2. The van der Waals surface area contributed by atoms with Crippen LogP contribution in [0, 0.1) is 13.8 Å². The molecular weight excluding hydrogens is 358 g/mol. The molecule has 0 amide bonds. The maximum atomic E-state index is 12.3. The number of benzene rings is 1. The summed E-state index contributed by atoms with van der Waals surface area (Å²) in [7, 11) is -2.08. The highest BCUT2D eigenvalue weighted by molar-refractivity contribution is 7.89. The average molecular weight is 377 g/mol. The topological polar surface area (TPSA) is 123 Å². The first-order valence-corrected chi connectivity index (χ1v) is 9.37. The minimum Gasteiger partial charge on any atom is -0.497 e. The standard InChI is InChI=1S/C16H19N5O4S/c1-10-15(11(2)25-21-10)26(22,23)17-9-8-14-18-16(20-19-14)12-4-6-13(24-3)7-5-12/h4-7,17H,8-9H2,1-3H3,(H,18,19,20). The van der Waals surface area contributed by atoms with Crippen molar-refractivity contribution in [3.05, 3.63) is 41.5 Å². The SMILES string of the molecule is COc1ccc(-c2n[nH]c(CCNS(=O)(=O)c3c(C)noc3C)n2)cc1. The molecule has 3 aromatic rings. The molecule has 0 fully saturated rings. The molecule has 10 heteroatoms. The van der Waals surface area contributed by atoms with Crippen molar-refractivity contribution < 1.29 is 17.7 Å². The molecule has 2 heterocycles. The number of aryl methyl sites for hydroxylation is 2. The largest absolute Gasteiger partial charge is 0.497 e. The molecule has 2 aromatic heterocycles. The molecule has 0 unspecified atom stereocenters. The van der Waals surface area contributed by atoms with Crippen molar-refractivity contribution in [2.75, 3.05) is 13.7 Å². The second-order valence-corrected chi connectivity index (χ2v) is 7.34. The molecule has 3 rings (SSSR count). The van der Waals surface area contributed by atoms with Crippen LogP contribution in [0.15, 0.2) is 33.7 Å². The molecule has 2 N–H and O–H groups in total. The number of hydrogen-bond acceptors (Lipinski definition) is 7. The predicted octanol–water partition coefficient (Wildman–Crippen LogP) is 1.61. The van der Waals surface area contributed by atoms with E-state index in [9.17, 15) is 8.42 Å². The van der Waals surface area contributed by atoms with E-state index in [4.69, 9.17) is 9.26 Å². The lowest BCUT2D eigenvalue weighted by Gasteiger charge is -2.04. The summed E-state index contributed by atoms with van der Waals surface area (Å²) in [5.74, 6) is 2.13. The Balaban J connectivity index is 1.63. The molecule has 0 saturated carbocycles. The second kappa shape index (κ2) is 7.26. The number of methoxy groups -OCH3 is 1. The number of ether oxygens (including phenoxy) is 1. The van der Waals surface area contributed by atoms with Gasteiger partial charge in [0.2, 0.25) is 10.0 Å². The molecule has 1 aromatic carbocycles. The third-order valence-corrected chi connectivity index (χ3v) is 5.47. The van der Waals surface area contributed by atoms with Gasteiger partial charge in [0.05, 0.1) is 7.11 Å². The van der Waals surface area contributed by atoms with Gasteiger partial charge in [0, 0.05) is 18.5 Å². The lowest BCUT2D eigenvalue weighted by Crippen LogP contribution is -2.27. The van der Waals surface area contributed by atoms with E-state index in [1.807, 2.05) is 24.3 Å². The van der Waals surface area contributed by atoms with E-state index in [0.29, 0.717) is 23.8 Å². The molecule has 0 radical (unpaired) electrons. The number of hydrogen-bond donors (Lipinski definition) is 2. The van der Waals surface area contributed by atoms with Crippen molar-refractivity contribution in [2.24, 2.45) is 0 Å². The molecule has 9 nitrogen and oxygen atoms in total. The van der Waals surface area contributed by atoms with Gasteiger partial charge in [-0.15, -0.1) is 0 Å². The molecular formula is C16H19N5O4S. The number of rotatable bonds is 7. The summed E-state index contributed by atoms with van der Waals surface area (Å²) in [5, 5.41) is 10.6. The van der Waals surface area contributed by atoms with Gasteiger partial charge in [0.1, 0.15) is 22.2 Å². The van der Waals surface area contributed by atoms with Crippen molar-refractivity contribution >= 4 is 10.0 Å². The maximum Gasteiger partial charge on any atom is 0.245 e. The van der Waals surface area contributed by atoms with Crippen LogP contribution >= 0.6 is 0 Å². The van der Waals surface area contributed by atoms with Crippen molar-refractivity contribution in [2.45, 2.75) is 25.2 Å². The molecule has 0 atom stereocenters. The molecule has 0 spiro atoms. The third-order valence-electron chi connectivity index (χ3n) is 3.77. The summed E-state index contributed by atoms with van der Waals surface area (Å²) in [6.07, 6.45) is 0.367. The molecule has 0 saturated heterocycles. The smallest absolute Gasteiger partial charge is 0.245 e. The number of aromatic amines is 1. The first kappa shape index (κ1) is 18.1. The third kappa shape index (κ3) is 3.75. The molecule has 138 valence electrons. The van der Waals surface area contributed by atoms with Crippen molar-refractivity contribution in [3.8, 4) is 17.1 Å². The highest BCUT2D eigenvalue weighted by Gasteiger charge is 2.23. The van der Waals surface area contributed by atoms with Crippen LogP contribution in [0.5, 0.6) is 5.75 Å². The highest BCUT2D eigenvalue weighted by Crippen LogP contribution is 2.20. The number of aromatic nitrogens is 4. The monoisotopic (exact) mass is 377 g/mol. The fraction of sp³-hybridized carbons (Fsp3) is 0.312. The van der Waals surface area contributed by atoms with E-state index in [1.165, 1.54) is 0 Å². The lowest BCUT2D eigenvalue weighted by molar-refractivity contribution is 0.390. The zero-order valence-corrected chi connectivity index (χ0v) is 15.4. The zero-order chi connectivity index (χ0) is 18.7. The number of nitrogens with zero attached hydrogens (tertiary/aromatic N) is 3. The Hall–Kier alpha value is -2.72. The van der Waals surface area contributed by atoms with Crippen LogP contribution in [-0.2, 0) is 16.4 Å². The van der Waals surface area contributed by atoms with Gasteiger partial charge >= 0.3 is 0 Å². The minimum absolute atomic E-state index is 0.0778. The van der Waals surface area contributed by atoms with Crippen molar-refractivity contribution in [1.82, 2.24) is 25.1 Å². The first-order chi connectivity index (χ1) is 12.4. The Morgan fingerprint density at radius 1 is 1.23 bits per heavy atom. The van der Waals surface area contributed by atoms with E-state index < -0.39 is 10.0 Å². The Bertz CT molecular complexity index is 973.